The zero-order chi connectivity index (χ0) is 35.1. The molecule has 258 valence electrons. The Morgan fingerprint density at radius 2 is 1.77 bits per heavy atom. The summed E-state index contributed by atoms with van der Waals surface area (Å²) in [6, 6.07) is 1.21. The Balaban J connectivity index is 1.46. The Bertz CT molecular complexity index is 1800. The third-order valence-corrected chi connectivity index (χ3v) is 9.25. The molecule has 2 aromatic carbocycles. The summed E-state index contributed by atoms with van der Waals surface area (Å²) in [4.78, 5) is 40.3. The van der Waals surface area contributed by atoms with Crippen molar-refractivity contribution in [2.24, 2.45) is 7.05 Å². The van der Waals surface area contributed by atoms with Crippen LogP contribution in [-0.2, 0) is 34.2 Å². The van der Waals surface area contributed by atoms with Crippen molar-refractivity contribution < 1.29 is 45.8 Å². The zero-order valence-corrected chi connectivity index (χ0v) is 27.1. The molecule has 0 bridgehead atoms. The maximum absolute atomic E-state index is 15.3. The lowest BCUT2D eigenvalue weighted by molar-refractivity contribution is -0.167. The first-order valence-electron chi connectivity index (χ1n) is 15.4. The van der Waals surface area contributed by atoms with Crippen LogP contribution in [0.1, 0.15) is 44.7 Å². The van der Waals surface area contributed by atoms with Gasteiger partial charge in [-0.2, -0.15) is 13.2 Å². The van der Waals surface area contributed by atoms with Crippen LogP contribution in [0, 0.1) is 32.4 Å². The van der Waals surface area contributed by atoms with Crippen molar-refractivity contribution in [2.45, 2.75) is 58.3 Å². The number of nitrogens with zero attached hydrogens (tertiary/aromatic N) is 2. The molecule has 2 aliphatic heterocycles. The average Bonchev–Trinajstić information content (AvgIpc) is 3.05. The van der Waals surface area contributed by atoms with Gasteiger partial charge in [0.2, 0.25) is 0 Å². The summed E-state index contributed by atoms with van der Waals surface area (Å²) in [5.41, 5.74) is 3.29. The Morgan fingerprint density at radius 1 is 1.08 bits per heavy atom. The minimum Gasteiger partial charge on any atom is -0.493 e. The SMILES string of the molecule is COC(=O)[C@H](Cc1ccc(-c2c(C)c(C)c(C)n(C)c2=O)c2c1CCCO2)NC(=O)c1c(F)cc(N2CCOC[C@@H]2C(F)(F)F)cc1F. The number of carbonyl (C=O) groups is 2. The van der Waals surface area contributed by atoms with Gasteiger partial charge in [0, 0.05) is 37.0 Å². The smallest absolute Gasteiger partial charge is 0.411 e. The van der Waals surface area contributed by atoms with Crippen LogP contribution in [-0.4, -0.2) is 68.2 Å². The normalized spacial score (nSPS) is 17.0. The van der Waals surface area contributed by atoms with E-state index in [2.05, 4.69) is 5.32 Å². The van der Waals surface area contributed by atoms with Gasteiger partial charge >= 0.3 is 12.1 Å². The van der Waals surface area contributed by atoms with E-state index >= 15 is 8.78 Å². The van der Waals surface area contributed by atoms with Gasteiger partial charge < -0.3 is 29.0 Å². The summed E-state index contributed by atoms with van der Waals surface area (Å²) in [5, 5.41) is 2.34. The van der Waals surface area contributed by atoms with Crippen molar-refractivity contribution >= 4 is 17.6 Å². The van der Waals surface area contributed by atoms with Gasteiger partial charge in [-0.1, -0.05) is 12.1 Å². The molecule has 1 N–H and O–H groups in total. The summed E-state index contributed by atoms with van der Waals surface area (Å²) in [5.74, 6) is -4.52. The van der Waals surface area contributed by atoms with Crippen LogP contribution in [0.2, 0.25) is 0 Å². The number of pyridine rings is 1. The predicted molar refractivity (Wildman–Crippen MR) is 166 cm³/mol. The quantitative estimate of drug-likeness (QED) is 0.282. The van der Waals surface area contributed by atoms with Crippen LogP contribution in [0.15, 0.2) is 29.1 Å². The van der Waals surface area contributed by atoms with Crippen molar-refractivity contribution in [3.63, 3.8) is 0 Å². The number of methoxy groups -OCH3 is 1. The average molecular weight is 678 g/mol. The van der Waals surface area contributed by atoms with Gasteiger partial charge in [0.15, 0.2) is 0 Å². The van der Waals surface area contributed by atoms with Crippen molar-refractivity contribution in [3.05, 3.63) is 79.8 Å². The number of benzene rings is 2. The highest BCUT2D eigenvalue weighted by atomic mass is 19.4. The number of halogens is 5. The number of rotatable bonds is 7. The first kappa shape index (κ1) is 34.9. The molecule has 1 saturated heterocycles. The number of nitrogens with one attached hydrogen (secondary N) is 1. The molecule has 3 aromatic rings. The van der Waals surface area contributed by atoms with E-state index in [1.807, 2.05) is 20.8 Å². The minimum absolute atomic E-state index is 0.0878. The van der Waals surface area contributed by atoms with Crippen LogP contribution < -0.4 is 20.5 Å². The number of morpholine rings is 1. The number of alkyl halides is 3. The molecule has 1 fully saturated rings. The van der Waals surface area contributed by atoms with Gasteiger partial charge in [0.25, 0.3) is 11.5 Å². The zero-order valence-electron chi connectivity index (χ0n) is 27.1. The van der Waals surface area contributed by atoms with Crippen LogP contribution in [0.4, 0.5) is 27.6 Å². The standard InChI is InChI=1S/C34H36F5N3O6/c1-17-18(2)28(32(44)41(4)19(17)3)23-9-8-20(22-7-6-11-48-30(22)23)13-26(33(45)46-5)40-31(43)29-24(35)14-21(15-25(29)36)42-10-12-47-16-27(42)34(37,38)39/h8-9,14-15,26-27H,6-7,10-13,16H2,1-5H3,(H,40,43)/t26-,27+/m0/s1. The number of hydrogen-bond donors (Lipinski definition) is 1. The highest BCUT2D eigenvalue weighted by molar-refractivity contribution is 5.97. The Morgan fingerprint density at radius 3 is 2.42 bits per heavy atom. The summed E-state index contributed by atoms with van der Waals surface area (Å²) < 4.78 is 88.7. The van der Waals surface area contributed by atoms with Crippen molar-refractivity contribution in [2.75, 3.05) is 38.4 Å². The predicted octanol–water partition coefficient (Wildman–Crippen LogP) is 4.86. The van der Waals surface area contributed by atoms with E-state index in [9.17, 15) is 27.6 Å². The maximum Gasteiger partial charge on any atom is 0.411 e. The van der Waals surface area contributed by atoms with Gasteiger partial charge in [-0.15, -0.1) is 0 Å². The summed E-state index contributed by atoms with van der Waals surface area (Å²) in [7, 11) is 2.79. The largest absolute Gasteiger partial charge is 0.493 e. The molecule has 0 spiro atoms. The van der Waals surface area contributed by atoms with E-state index in [1.54, 1.807) is 23.7 Å². The third-order valence-electron chi connectivity index (χ3n) is 9.25. The monoisotopic (exact) mass is 677 g/mol. The highest BCUT2D eigenvalue weighted by Crippen LogP contribution is 2.40. The first-order chi connectivity index (χ1) is 22.6. The number of amides is 1. The number of ether oxygens (including phenoxy) is 3. The van der Waals surface area contributed by atoms with Gasteiger partial charge in [0.1, 0.15) is 35.0 Å². The molecule has 2 aliphatic rings. The second-order valence-electron chi connectivity index (χ2n) is 12.0. The molecule has 5 rings (SSSR count). The fourth-order valence-corrected chi connectivity index (χ4v) is 6.34. The molecular formula is C34H36F5N3O6. The fourth-order valence-electron chi connectivity index (χ4n) is 6.34. The van der Waals surface area contributed by atoms with Crippen LogP contribution in [0.25, 0.3) is 11.1 Å². The van der Waals surface area contributed by atoms with Gasteiger partial charge in [-0.25, -0.2) is 13.6 Å². The minimum atomic E-state index is -4.73. The molecule has 1 amide bonds. The van der Waals surface area contributed by atoms with Crippen LogP contribution in [0.3, 0.4) is 0 Å². The second-order valence-corrected chi connectivity index (χ2v) is 12.0. The number of anilines is 1. The van der Waals surface area contributed by atoms with Crippen LogP contribution >= 0.6 is 0 Å². The fraction of sp³-hybridized carbons (Fsp3) is 0.441. The summed E-state index contributed by atoms with van der Waals surface area (Å²) >= 11 is 0. The van der Waals surface area contributed by atoms with Crippen molar-refractivity contribution in [1.29, 1.82) is 0 Å². The van der Waals surface area contributed by atoms with E-state index in [0.717, 1.165) is 28.8 Å². The number of fused-ring (bicyclic) bond motifs is 1. The molecule has 0 radical (unpaired) electrons. The number of esters is 1. The molecule has 0 saturated carbocycles. The molecule has 9 nitrogen and oxygen atoms in total. The number of carbonyl (C=O) groups excluding carboxylic acids is 2. The lowest BCUT2D eigenvalue weighted by Gasteiger charge is -2.38. The molecule has 1 aromatic heterocycles. The Hall–Kier alpha value is -4.46. The molecule has 3 heterocycles. The second kappa shape index (κ2) is 13.6. The van der Waals surface area contributed by atoms with Gasteiger partial charge in [0.05, 0.1) is 32.5 Å². The number of aromatic nitrogens is 1. The Labute approximate surface area is 273 Å². The topological polar surface area (TPSA) is 99.1 Å². The lowest BCUT2D eigenvalue weighted by atomic mass is 9.88. The van der Waals surface area contributed by atoms with Gasteiger partial charge in [-0.3, -0.25) is 9.59 Å². The number of hydrogen-bond acceptors (Lipinski definition) is 7. The maximum atomic E-state index is 15.3. The van der Waals surface area contributed by atoms with E-state index in [1.165, 1.54) is 0 Å². The van der Waals surface area contributed by atoms with Crippen molar-refractivity contribution in [3.8, 4) is 16.9 Å². The van der Waals surface area contributed by atoms with Crippen LogP contribution in [0.5, 0.6) is 5.75 Å². The van der Waals surface area contributed by atoms with E-state index in [4.69, 9.17) is 14.2 Å². The molecule has 0 unspecified atom stereocenters. The summed E-state index contributed by atoms with van der Waals surface area (Å²) in [6.07, 6.45) is -3.69. The van der Waals surface area contributed by atoms with Crippen molar-refractivity contribution in [1.82, 2.24) is 9.88 Å². The summed E-state index contributed by atoms with van der Waals surface area (Å²) in [6.45, 7) is 4.98. The first-order valence-corrected chi connectivity index (χ1v) is 15.4. The molecular weight excluding hydrogens is 641 g/mol. The molecule has 0 aliphatic carbocycles. The third kappa shape index (κ3) is 6.49. The Kier molecular flexibility index (Phi) is 9.86. The lowest BCUT2D eigenvalue weighted by Crippen LogP contribution is -2.53. The molecule has 48 heavy (non-hydrogen) atoms. The van der Waals surface area contributed by atoms with E-state index in [-0.39, 0.29) is 25.1 Å². The van der Waals surface area contributed by atoms with Gasteiger partial charge in [-0.05, 0) is 68.0 Å². The molecule has 14 heteroatoms. The van der Waals surface area contributed by atoms with E-state index < -0.39 is 59.6 Å². The molecule has 2 atom stereocenters. The highest BCUT2D eigenvalue weighted by Gasteiger charge is 2.46. The van der Waals surface area contributed by atoms with E-state index in [0.29, 0.717) is 59.6 Å².